The number of aryl methyl sites for hydroxylation is 1. The minimum atomic E-state index is -0.643. The van der Waals surface area contributed by atoms with E-state index >= 15 is 0 Å². The van der Waals surface area contributed by atoms with Crippen LogP contribution in [0.3, 0.4) is 0 Å². The zero-order valence-corrected chi connectivity index (χ0v) is 9.68. The molecule has 1 N–H and O–H groups in total. The molecule has 1 heterocycles. The summed E-state index contributed by atoms with van der Waals surface area (Å²) in [4.78, 5) is 4.19. The summed E-state index contributed by atoms with van der Waals surface area (Å²) in [5.74, 6) is 0.643. The van der Waals surface area contributed by atoms with E-state index in [1.54, 1.807) is 18.3 Å². The Kier molecular flexibility index (Phi) is 3.54. The van der Waals surface area contributed by atoms with Crippen LogP contribution >= 0.6 is 0 Å². The van der Waals surface area contributed by atoms with Crippen molar-refractivity contribution >= 4 is 0 Å². The van der Waals surface area contributed by atoms with Crippen molar-refractivity contribution in [2.45, 2.75) is 26.0 Å². The maximum absolute atomic E-state index is 12.7. The highest BCUT2D eigenvalue weighted by molar-refractivity contribution is 5.18. The molecule has 17 heavy (non-hydrogen) atoms. The van der Waals surface area contributed by atoms with Gasteiger partial charge in [-0.3, -0.25) is 0 Å². The molecule has 1 atom stereocenters. The third-order valence-corrected chi connectivity index (χ3v) is 2.74. The Morgan fingerprint density at radius 3 is 2.71 bits per heavy atom. The number of rotatable bonds is 4. The molecule has 1 aromatic carbocycles. The Bertz CT molecular complexity index is 478. The van der Waals surface area contributed by atoms with E-state index in [0.717, 1.165) is 12.2 Å². The van der Waals surface area contributed by atoms with Gasteiger partial charge in [-0.25, -0.2) is 9.37 Å². The highest BCUT2D eigenvalue weighted by Crippen LogP contribution is 2.16. The van der Waals surface area contributed by atoms with Gasteiger partial charge >= 0.3 is 0 Å². The van der Waals surface area contributed by atoms with Gasteiger partial charge in [0.25, 0.3) is 0 Å². The molecule has 0 aliphatic carbocycles. The third kappa shape index (κ3) is 2.71. The molecule has 0 saturated carbocycles. The van der Waals surface area contributed by atoms with Crippen LogP contribution in [0.25, 0.3) is 0 Å². The summed E-state index contributed by atoms with van der Waals surface area (Å²) in [6.45, 7) is 2.46. The van der Waals surface area contributed by atoms with E-state index in [4.69, 9.17) is 0 Å². The van der Waals surface area contributed by atoms with Crippen LogP contribution in [0.15, 0.2) is 36.7 Å². The molecule has 0 saturated heterocycles. The number of hydrogen-bond acceptors (Lipinski definition) is 2. The molecule has 0 bridgehead atoms. The quantitative estimate of drug-likeness (QED) is 0.881. The van der Waals surface area contributed by atoms with E-state index in [9.17, 15) is 9.50 Å². The average Bonchev–Trinajstić information content (AvgIpc) is 2.77. The van der Waals surface area contributed by atoms with Gasteiger partial charge in [0.1, 0.15) is 11.6 Å². The lowest BCUT2D eigenvalue weighted by Crippen LogP contribution is -2.10. The lowest BCUT2D eigenvalue weighted by molar-refractivity contribution is 0.155. The zero-order chi connectivity index (χ0) is 12.3. The van der Waals surface area contributed by atoms with Gasteiger partial charge in [0, 0.05) is 18.8 Å². The van der Waals surface area contributed by atoms with Gasteiger partial charge in [-0.05, 0) is 17.7 Å². The fraction of sp³-hybridized carbons (Fsp3) is 0.308. The van der Waals surface area contributed by atoms with Gasteiger partial charge in [-0.2, -0.15) is 0 Å². The van der Waals surface area contributed by atoms with Crippen molar-refractivity contribution in [3.8, 4) is 0 Å². The van der Waals surface area contributed by atoms with Gasteiger partial charge < -0.3 is 9.67 Å². The maximum atomic E-state index is 12.7. The second-order valence-electron chi connectivity index (χ2n) is 3.92. The minimum absolute atomic E-state index is 0.294. The molecule has 0 spiro atoms. The van der Waals surface area contributed by atoms with Crippen LogP contribution in [0.1, 0.15) is 24.4 Å². The smallest absolute Gasteiger partial charge is 0.123 e. The summed E-state index contributed by atoms with van der Waals surface area (Å²) in [6, 6.07) is 5.91. The first-order valence-corrected chi connectivity index (χ1v) is 5.64. The first-order chi connectivity index (χ1) is 8.20. The molecule has 2 rings (SSSR count). The number of imidazole rings is 1. The topological polar surface area (TPSA) is 38.0 Å². The number of hydrogen-bond donors (Lipinski definition) is 1. The Balaban J connectivity index is 2.11. The van der Waals surface area contributed by atoms with E-state index < -0.39 is 6.10 Å². The summed E-state index contributed by atoms with van der Waals surface area (Å²) in [5, 5.41) is 10.0. The first-order valence-electron chi connectivity index (χ1n) is 5.64. The summed E-state index contributed by atoms with van der Waals surface area (Å²) in [7, 11) is 0. The fourth-order valence-electron chi connectivity index (χ4n) is 1.80. The Morgan fingerprint density at radius 2 is 2.06 bits per heavy atom. The average molecular weight is 234 g/mol. The molecule has 0 aliphatic rings. The Hall–Kier alpha value is -1.68. The standard InChI is InChI=1S/C13H15FN2O/c1-2-13-15-7-8-16(13)9-12(17)10-3-5-11(14)6-4-10/h3-8,12,17H,2,9H2,1H3. The molecule has 1 aromatic heterocycles. The maximum Gasteiger partial charge on any atom is 0.123 e. The van der Waals surface area contributed by atoms with Crippen molar-refractivity contribution in [3.05, 3.63) is 53.9 Å². The van der Waals surface area contributed by atoms with E-state index in [1.165, 1.54) is 12.1 Å². The van der Waals surface area contributed by atoms with Gasteiger partial charge in [0.15, 0.2) is 0 Å². The van der Waals surface area contributed by atoms with E-state index in [0.29, 0.717) is 12.1 Å². The van der Waals surface area contributed by atoms with Gasteiger partial charge in [0.05, 0.1) is 12.6 Å². The van der Waals surface area contributed by atoms with Crippen LogP contribution in [0.2, 0.25) is 0 Å². The highest BCUT2D eigenvalue weighted by atomic mass is 19.1. The summed E-state index contributed by atoms with van der Waals surface area (Å²) >= 11 is 0. The normalized spacial score (nSPS) is 12.6. The fourth-order valence-corrected chi connectivity index (χ4v) is 1.80. The van der Waals surface area contributed by atoms with Crippen molar-refractivity contribution in [2.24, 2.45) is 0 Å². The molecule has 0 fully saturated rings. The second-order valence-corrected chi connectivity index (χ2v) is 3.92. The number of aliphatic hydroxyl groups is 1. The van der Waals surface area contributed by atoms with Gasteiger partial charge in [-0.15, -0.1) is 0 Å². The van der Waals surface area contributed by atoms with E-state index in [-0.39, 0.29) is 5.82 Å². The molecule has 0 radical (unpaired) electrons. The van der Waals surface area contributed by atoms with Crippen molar-refractivity contribution < 1.29 is 9.50 Å². The monoisotopic (exact) mass is 234 g/mol. The number of nitrogens with zero attached hydrogens (tertiary/aromatic N) is 2. The Labute approximate surface area is 99.5 Å². The number of aromatic nitrogens is 2. The molecule has 4 heteroatoms. The van der Waals surface area contributed by atoms with E-state index in [2.05, 4.69) is 4.98 Å². The molecule has 2 aromatic rings. The number of aliphatic hydroxyl groups excluding tert-OH is 1. The largest absolute Gasteiger partial charge is 0.387 e. The molecular weight excluding hydrogens is 219 g/mol. The highest BCUT2D eigenvalue weighted by Gasteiger charge is 2.10. The summed E-state index contributed by atoms with van der Waals surface area (Å²) < 4.78 is 14.7. The van der Waals surface area contributed by atoms with Gasteiger partial charge in [-0.1, -0.05) is 19.1 Å². The van der Waals surface area contributed by atoms with Crippen molar-refractivity contribution in [3.63, 3.8) is 0 Å². The lowest BCUT2D eigenvalue weighted by Gasteiger charge is -2.13. The van der Waals surface area contributed by atoms with Crippen molar-refractivity contribution in [1.82, 2.24) is 9.55 Å². The lowest BCUT2D eigenvalue weighted by atomic mass is 10.1. The molecule has 3 nitrogen and oxygen atoms in total. The first kappa shape index (κ1) is 11.8. The van der Waals surface area contributed by atoms with E-state index in [1.807, 2.05) is 17.7 Å². The van der Waals surface area contributed by atoms with Crippen LogP contribution in [0.5, 0.6) is 0 Å². The summed E-state index contributed by atoms with van der Waals surface area (Å²) in [5.41, 5.74) is 0.710. The minimum Gasteiger partial charge on any atom is -0.387 e. The van der Waals surface area contributed by atoms with Crippen molar-refractivity contribution in [2.75, 3.05) is 0 Å². The predicted octanol–water partition coefficient (Wildman–Crippen LogP) is 2.32. The molecule has 0 amide bonds. The second kappa shape index (κ2) is 5.10. The SMILES string of the molecule is CCc1nccn1CC(O)c1ccc(F)cc1. The third-order valence-electron chi connectivity index (χ3n) is 2.74. The van der Waals surface area contributed by atoms with Crippen LogP contribution in [-0.2, 0) is 13.0 Å². The zero-order valence-electron chi connectivity index (χ0n) is 9.68. The Morgan fingerprint density at radius 1 is 1.35 bits per heavy atom. The van der Waals surface area contributed by atoms with Crippen molar-refractivity contribution in [1.29, 1.82) is 0 Å². The van der Waals surface area contributed by atoms with Gasteiger partial charge in [0.2, 0.25) is 0 Å². The predicted molar refractivity (Wildman–Crippen MR) is 63.0 cm³/mol. The molecular formula is C13H15FN2O. The summed E-state index contributed by atoms with van der Waals surface area (Å²) in [6.07, 6.45) is 3.74. The molecule has 90 valence electrons. The number of halogens is 1. The van der Waals surface area contributed by atoms with Crippen LogP contribution in [0.4, 0.5) is 4.39 Å². The molecule has 1 unspecified atom stereocenters. The molecule has 0 aliphatic heterocycles. The van der Waals surface area contributed by atoms with Crippen LogP contribution < -0.4 is 0 Å². The van der Waals surface area contributed by atoms with Crippen LogP contribution in [-0.4, -0.2) is 14.7 Å². The van der Waals surface area contributed by atoms with Crippen LogP contribution in [0, 0.1) is 5.82 Å². The number of benzene rings is 1.